The molecule has 0 amide bonds. The van der Waals surface area contributed by atoms with Gasteiger partial charge in [0, 0.05) is 13.2 Å². The number of aromatic nitrogens is 2. The van der Waals surface area contributed by atoms with Crippen molar-refractivity contribution < 1.29 is 5.11 Å². The van der Waals surface area contributed by atoms with Gasteiger partial charge in [-0.2, -0.15) is 4.98 Å². The van der Waals surface area contributed by atoms with Crippen LogP contribution >= 0.6 is 15.9 Å². The van der Waals surface area contributed by atoms with Crippen LogP contribution in [0.2, 0.25) is 0 Å². The molecule has 2 rings (SSSR count). The summed E-state index contributed by atoms with van der Waals surface area (Å²) in [7, 11) is 1.78. The van der Waals surface area contributed by atoms with Gasteiger partial charge in [-0.25, -0.2) is 4.98 Å². The first kappa shape index (κ1) is 12.6. The van der Waals surface area contributed by atoms with Crippen molar-refractivity contribution >= 4 is 27.7 Å². The Hall–Kier alpha value is -0.880. The highest BCUT2D eigenvalue weighted by Crippen LogP contribution is 2.25. The summed E-state index contributed by atoms with van der Waals surface area (Å²) < 4.78 is 0.814. The number of anilines is 2. The predicted octanol–water partition coefficient (Wildman–Crippen LogP) is 2.00. The number of nitrogens with one attached hydrogen (secondary N) is 2. The Morgan fingerprint density at radius 1 is 1.41 bits per heavy atom. The van der Waals surface area contributed by atoms with Crippen molar-refractivity contribution in [1.29, 1.82) is 0 Å². The molecule has 0 spiro atoms. The van der Waals surface area contributed by atoms with E-state index in [0.29, 0.717) is 5.95 Å². The molecule has 94 valence electrons. The van der Waals surface area contributed by atoms with Gasteiger partial charge in [0.2, 0.25) is 5.95 Å². The van der Waals surface area contributed by atoms with E-state index in [1.807, 2.05) is 0 Å². The number of aliphatic hydroxyl groups excluding tert-OH is 1. The lowest BCUT2D eigenvalue weighted by molar-refractivity contribution is 0.116. The highest BCUT2D eigenvalue weighted by atomic mass is 79.9. The van der Waals surface area contributed by atoms with Crippen LogP contribution in [0.1, 0.15) is 25.7 Å². The van der Waals surface area contributed by atoms with E-state index in [-0.39, 0.29) is 12.1 Å². The molecule has 1 aromatic rings. The molecule has 5 nitrogen and oxygen atoms in total. The Labute approximate surface area is 109 Å². The summed E-state index contributed by atoms with van der Waals surface area (Å²) in [6, 6.07) is 0.0830. The number of hydrogen-bond donors (Lipinski definition) is 3. The monoisotopic (exact) mass is 300 g/mol. The summed E-state index contributed by atoms with van der Waals surface area (Å²) in [4.78, 5) is 8.43. The van der Waals surface area contributed by atoms with Gasteiger partial charge in [0.1, 0.15) is 5.82 Å². The van der Waals surface area contributed by atoms with Gasteiger partial charge in [-0.3, -0.25) is 0 Å². The molecule has 1 fully saturated rings. The highest BCUT2D eigenvalue weighted by molar-refractivity contribution is 9.10. The molecule has 2 unspecified atom stereocenters. The van der Waals surface area contributed by atoms with Gasteiger partial charge in [0.05, 0.1) is 16.6 Å². The SMILES string of the molecule is CNc1ncc(Br)c(NC2CCCCC2O)n1. The molecule has 6 heteroatoms. The van der Waals surface area contributed by atoms with Gasteiger partial charge in [-0.1, -0.05) is 12.8 Å². The van der Waals surface area contributed by atoms with Gasteiger partial charge in [-0.05, 0) is 28.8 Å². The Bertz CT molecular complexity index is 388. The Kier molecular flexibility index (Phi) is 4.17. The van der Waals surface area contributed by atoms with Crippen molar-refractivity contribution in [2.75, 3.05) is 17.7 Å². The maximum absolute atomic E-state index is 9.91. The summed E-state index contributed by atoms with van der Waals surface area (Å²) in [6.45, 7) is 0. The third-order valence-electron chi connectivity index (χ3n) is 3.02. The van der Waals surface area contributed by atoms with Crippen molar-refractivity contribution in [3.8, 4) is 0 Å². The molecule has 17 heavy (non-hydrogen) atoms. The second-order valence-electron chi connectivity index (χ2n) is 4.24. The van der Waals surface area contributed by atoms with Crippen LogP contribution in [-0.4, -0.2) is 34.3 Å². The first-order valence-electron chi connectivity index (χ1n) is 5.85. The molecule has 2 atom stereocenters. The van der Waals surface area contributed by atoms with Crippen molar-refractivity contribution in [1.82, 2.24) is 9.97 Å². The van der Waals surface area contributed by atoms with Crippen molar-refractivity contribution in [3.63, 3.8) is 0 Å². The second kappa shape index (κ2) is 5.64. The molecule has 0 saturated heterocycles. The molecule has 1 heterocycles. The minimum absolute atomic E-state index is 0.0830. The van der Waals surface area contributed by atoms with E-state index in [9.17, 15) is 5.11 Å². The van der Waals surface area contributed by atoms with Crippen molar-refractivity contribution in [2.45, 2.75) is 37.8 Å². The Balaban J connectivity index is 2.11. The maximum atomic E-state index is 9.91. The average Bonchev–Trinajstić information content (AvgIpc) is 2.35. The standard InChI is InChI=1S/C11H17BrN4O/c1-13-11-14-6-7(12)10(16-11)15-8-4-2-3-5-9(8)17/h6,8-9,17H,2-5H2,1H3,(H2,13,14,15,16). The van der Waals surface area contributed by atoms with Crippen molar-refractivity contribution in [3.05, 3.63) is 10.7 Å². The molecule has 1 aromatic heterocycles. The highest BCUT2D eigenvalue weighted by Gasteiger charge is 2.23. The molecule has 0 aliphatic heterocycles. The molecular formula is C11H17BrN4O. The zero-order chi connectivity index (χ0) is 12.3. The zero-order valence-electron chi connectivity index (χ0n) is 9.78. The summed E-state index contributed by atoms with van der Waals surface area (Å²) >= 11 is 3.41. The molecule has 1 saturated carbocycles. The smallest absolute Gasteiger partial charge is 0.224 e. The lowest BCUT2D eigenvalue weighted by Gasteiger charge is -2.29. The number of halogens is 1. The quantitative estimate of drug-likeness (QED) is 0.796. The molecule has 1 aliphatic rings. The topological polar surface area (TPSA) is 70.1 Å². The average molecular weight is 301 g/mol. The van der Waals surface area contributed by atoms with Gasteiger partial charge >= 0.3 is 0 Å². The molecule has 1 aliphatic carbocycles. The van der Waals surface area contributed by atoms with Crippen LogP contribution in [0, 0.1) is 0 Å². The fourth-order valence-corrected chi connectivity index (χ4v) is 2.35. The third kappa shape index (κ3) is 3.07. The second-order valence-corrected chi connectivity index (χ2v) is 5.10. The first-order valence-corrected chi connectivity index (χ1v) is 6.65. The van der Waals surface area contributed by atoms with Gasteiger partial charge in [0.15, 0.2) is 0 Å². The van der Waals surface area contributed by atoms with Crippen LogP contribution < -0.4 is 10.6 Å². The summed E-state index contributed by atoms with van der Waals surface area (Å²) in [5.41, 5.74) is 0. The van der Waals surface area contributed by atoms with E-state index in [2.05, 4.69) is 36.5 Å². The Morgan fingerprint density at radius 3 is 2.88 bits per heavy atom. The van der Waals surface area contributed by atoms with Crippen LogP contribution in [0.3, 0.4) is 0 Å². The van der Waals surface area contributed by atoms with E-state index in [0.717, 1.165) is 36.0 Å². The number of nitrogens with zero attached hydrogens (tertiary/aromatic N) is 2. The van der Waals surface area contributed by atoms with E-state index in [1.165, 1.54) is 0 Å². The maximum Gasteiger partial charge on any atom is 0.224 e. The fourth-order valence-electron chi connectivity index (χ4n) is 2.04. The van der Waals surface area contributed by atoms with E-state index >= 15 is 0 Å². The summed E-state index contributed by atoms with van der Waals surface area (Å²) in [5.74, 6) is 1.30. The third-order valence-corrected chi connectivity index (χ3v) is 3.60. The largest absolute Gasteiger partial charge is 0.391 e. The van der Waals surface area contributed by atoms with Crippen molar-refractivity contribution in [2.24, 2.45) is 0 Å². The summed E-state index contributed by atoms with van der Waals surface area (Å²) in [5, 5.41) is 16.1. The number of aliphatic hydroxyl groups is 1. The predicted molar refractivity (Wildman–Crippen MR) is 71.2 cm³/mol. The molecule has 0 aromatic carbocycles. The minimum Gasteiger partial charge on any atom is -0.391 e. The zero-order valence-corrected chi connectivity index (χ0v) is 11.4. The van der Waals surface area contributed by atoms with Crippen LogP contribution in [0.5, 0.6) is 0 Å². The van der Waals surface area contributed by atoms with Crippen LogP contribution in [-0.2, 0) is 0 Å². The minimum atomic E-state index is -0.288. The summed E-state index contributed by atoms with van der Waals surface area (Å²) in [6.07, 6.45) is 5.51. The molecular weight excluding hydrogens is 284 g/mol. The molecule has 3 N–H and O–H groups in total. The van der Waals surface area contributed by atoms with E-state index in [1.54, 1.807) is 13.2 Å². The number of hydrogen-bond acceptors (Lipinski definition) is 5. The van der Waals surface area contributed by atoms with Gasteiger partial charge in [-0.15, -0.1) is 0 Å². The van der Waals surface area contributed by atoms with Crippen LogP contribution in [0.4, 0.5) is 11.8 Å². The molecule has 0 bridgehead atoms. The Morgan fingerprint density at radius 2 is 2.18 bits per heavy atom. The lowest BCUT2D eigenvalue weighted by atomic mass is 9.93. The van der Waals surface area contributed by atoms with E-state index < -0.39 is 0 Å². The first-order chi connectivity index (χ1) is 8.20. The normalized spacial score (nSPS) is 24.4. The van der Waals surface area contributed by atoms with Gasteiger partial charge < -0.3 is 15.7 Å². The molecule has 0 radical (unpaired) electrons. The lowest BCUT2D eigenvalue weighted by Crippen LogP contribution is -2.36. The number of rotatable bonds is 3. The van der Waals surface area contributed by atoms with E-state index in [4.69, 9.17) is 0 Å². The van der Waals surface area contributed by atoms with Crippen LogP contribution in [0.25, 0.3) is 0 Å². The fraction of sp³-hybridized carbons (Fsp3) is 0.636. The van der Waals surface area contributed by atoms with Gasteiger partial charge in [0.25, 0.3) is 0 Å². The van der Waals surface area contributed by atoms with Crippen LogP contribution in [0.15, 0.2) is 10.7 Å².